The Bertz CT molecular complexity index is 191. The van der Waals surface area contributed by atoms with Gasteiger partial charge in [-0.05, 0) is 5.21 Å². The van der Waals surface area contributed by atoms with Gasteiger partial charge >= 0.3 is 0 Å². The van der Waals surface area contributed by atoms with Gasteiger partial charge in [0.05, 0.1) is 7.05 Å². The van der Waals surface area contributed by atoms with Crippen molar-refractivity contribution >= 4 is 0 Å². The zero-order chi connectivity index (χ0) is 6.85. The molecule has 1 aromatic heterocycles. The molecule has 0 spiro atoms. The van der Waals surface area contributed by atoms with Gasteiger partial charge in [0.15, 0.2) is 5.82 Å². The molecule has 0 aliphatic carbocycles. The van der Waals surface area contributed by atoms with Gasteiger partial charge < -0.3 is 0 Å². The molecule has 0 N–H and O–H groups in total. The summed E-state index contributed by atoms with van der Waals surface area (Å²) in [6.07, 6.45) is 0. The molecule has 0 aliphatic heterocycles. The predicted octanol–water partition coefficient (Wildman–Crippen LogP) is 0.970. The molecule has 58 valence electrons. The summed E-state index contributed by atoms with van der Waals surface area (Å²) in [5, 5.41) is 11.5. The van der Waals surface area contributed by atoms with E-state index in [-0.39, 0.29) is 7.43 Å². The number of aromatic nitrogens is 4. The lowest BCUT2D eigenvalue weighted by molar-refractivity contribution is 0.625. The molecule has 0 radical (unpaired) electrons. The first kappa shape index (κ1) is 9.07. The van der Waals surface area contributed by atoms with Crippen LogP contribution in [0.15, 0.2) is 0 Å². The van der Waals surface area contributed by atoms with E-state index in [0.717, 1.165) is 5.82 Å². The first-order valence-corrected chi connectivity index (χ1v) is 2.94. The van der Waals surface area contributed by atoms with Crippen molar-refractivity contribution in [3.63, 3.8) is 0 Å². The molecule has 4 heteroatoms. The highest BCUT2D eigenvalue weighted by Gasteiger charge is 2.03. The minimum absolute atomic E-state index is 0. The van der Waals surface area contributed by atoms with Crippen molar-refractivity contribution in [2.45, 2.75) is 27.2 Å². The van der Waals surface area contributed by atoms with E-state index in [4.69, 9.17) is 0 Å². The molecule has 0 aromatic carbocycles. The summed E-state index contributed by atoms with van der Waals surface area (Å²) in [5.41, 5.74) is 0. The van der Waals surface area contributed by atoms with E-state index in [0.29, 0.717) is 5.92 Å². The van der Waals surface area contributed by atoms with Crippen LogP contribution in [0.25, 0.3) is 0 Å². The first-order chi connectivity index (χ1) is 4.20. The van der Waals surface area contributed by atoms with Crippen LogP contribution in [-0.4, -0.2) is 20.2 Å². The van der Waals surface area contributed by atoms with E-state index in [1.165, 1.54) is 4.80 Å². The summed E-state index contributed by atoms with van der Waals surface area (Å²) in [7, 11) is 1.76. The van der Waals surface area contributed by atoms with Gasteiger partial charge in [-0.15, -0.1) is 10.2 Å². The third-order valence-electron chi connectivity index (χ3n) is 1.04. The van der Waals surface area contributed by atoms with Gasteiger partial charge in [0.25, 0.3) is 0 Å². The van der Waals surface area contributed by atoms with Crippen molar-refractivity contribution in [3.05, 3.63) is 5.82 Å². The minimum atomic E-state index is 0. The SMILES string of the molecule is C.CC(C)c1nnn(C)n1. The standard InChI is InChI=1S/C5H10N4.CH4/c1-4(2)5-6-8-9(3)7-5;/h4H,1-3H3;1H4. The summed E-state index contributed by atoms with van der Waals surface area (Å²) in [6, 6.07) is 0. The van der Waals surface area contributed by atoms with Crippen molar-refractivity contribution in [3.8, 4) is 0 Å². The van der Waals surface area contributed by atoms with Crippen molar-refractivity contribution in [1.29, 1.82) is 0 Å². The molecule has 0 unspecified atom stereocenters. The maximum absolute atomic E-state index is 4.00. The fraction of sp³-hybridized carbons (Fsp3) is 0.833. The van der Waals surface area contributed by atoms with Gasteiger partial charge in [0.1, 0.15) is 0 Å². The van der Waals surface area contributed by atoms with Crippen molar-refractivity contribution in [2.75, 3.05) is 0 Å². The summed E-state index contributed by atoms with van der Waals surface area (Å²) in [5.74, 6) is 1.18. The lowest BCUT2D eigenvalue weighted by Crippen LogP contribution is -1.94. The normalized spacial score (nSPS) is 9.60. The second-order valence-electron chi connectivity index (χ2n) is 2.29. The van der Waals surface area contributed by atoms with Crippen LogP contribution in [0.3, 0.4) is 0 Å². The summed E-state index contributed by atoms with van der Waals surface area (Å²) < 4.78 is 0. The van der Waals surface area contributed by atoms with Gasteiger partial charge in [-0.1, -0.05) is 21.3 Å². The zero-order valence-corrected chi connectivity index (χ0v) is 5.87. The number of hydrogen-bond acceptors (Lipinski definition) is 3. The van der Waals surface area contributed by atoms with Gasteiger partial charge in [0, 0.05) is 5.92 Å². The van der Waals surface area contributed by atoms with Crippen LogP contribution in [0.5, 0.6) is 0 Å². The number of nitrogens with zero attached hydrogens (tertiary/aromatic N) is 4. The van der Waals surface area contributed by atoms with Crippen LogP contribution in [-0.2, 0) is 7.05 Å². The molecule has 1 aromatic rings. The molecule has 1 rings (SSSR count). The fourth-order valence-corrected chi connectivity index (χ4v) is 0.530. The van der Waals surface area contributed by atoms with E-state index >= 15 is 0 Å². The maximum atomic E-state index is 4.00. The van der Waals surface area contributed by atoms with Crippen molar-refractivity contribution in [1.82, 2.24) is 20.2 Å². The number of hydrogen-bond donors (Lipinski definition) is 0. The number of rotatable bonds is 1. The Morgan fingerprint density at radius 1 is 1.40 bits per heavy atom. The fourth-order valence-electron chi connectivity index (χ4n) is 0.530. The van der Waals surface area contributed by atoms with Crippen LogP contribution in [0.1, 0.15) is 33.0 Å². The molecule has 0 fully saturated rings. The molecule has 0 amide bonds. The Balaban J connectivity index is 0.000000810. The van der Waals surface area contributed by atoms with Gasteiger partial charge in [-0.2, -0.15) is 4.80 Å². The monoisotopic (exact) mass is 142 g/mol. The largest absolute Gasteiger partial charge is 0.177 e. The third-order valence-corrected chi connectivity index (χ3v) is 1.04. The molecular weight excluding hydrogens is 128 g/mol. The van der Waals surface area contributed by atoms with Crippen LogP contribution in [0.2, 0.25) is 0 Å². The van der Waals surface area contributed by atoms with Crippen LogP contribution in [0, 0.1) is 0 Å². The highest BCUT2D eigenvalue weighted by atomic mass is 15.6. The lowest BCUT2D eigenvalue weighted by Gasteiger charge is -1.91. The number of aryl methyl sites for hydroxylation is 1. The van der Waals surface area contributed by atoms with E-state index in [2.05, 4.69) is 15.4 Å². The average Bonchev–Trinajstić information content (AvgIpc) is 2.14. The van der Waals surface area contributed by atoms with E-state index in [1.54, 1.807) is 7.05 Å². The van der Waals surface area contributed by atoms with Gasteiger partial charge in [0.2, 0.25) is 0 Å². The molecule has 0 bridgehead atoms. The van der Waals surface area contributed by atoms with E-state index < -0.39 is 0 Å². The second kappa shape index (κ2) is 3.29. The predicted molar refractivity (Wildman–Crippen MR) is 39.6 cm³/mol. The Morgan fingerprint density at radius 2 is 2.00 bits per heavy atom. The lowest BCUT2D eigenvalue weighted by atomic mass is 10.2. The Labute approximate surface area is 61.2 Å². The summed E-state index contributed by atoms with van der Waals surface area (Å²) >= 11 is 0. The molecule has 4 nitrogen and oxygen atoms in total. The molecular formula is C6H14N4. The van der Waals surface area contributed by atoms with Crippen molar-refractivity contribution < 1.29 is 0 Å². The van der Waals surface area contributed by atoms with Crippen molar-refractivity contribution in [2.24, 2.45) is 7.05 Å². The molecule has 0 aliphatic rings. The Hall–Kier alpha value is -0.930. The smallest absolute Gasteiger partial charge is 0.167 e. The second-order valence-corrected chi connectivity index (χ2v) is 2.29. The molecule has 0 atom stereocenters. The Kier molecular flexibility index (Phi) is 2.99. The molecule has 0 saturated carbocycles. The third kappa shape index (κ3) is 1.79. The van der Waals surface area contributed by atoms with Gasteiger partial charge in [-0.25, -0.2) is 0 Å². The van der Waals surface area contributed by atoms with E-state index in [9.17, 15) is 0 Å². The maximum Gasteiger partial charge on any atom is 0.177 e. The summed E-state index contributed by atoms with van der Waals surface area (Å²) in [6.45, 7) is 4.08. The van der Waals surface area contributed by atoms with E-state index in [1.807, 2.05) is 13.8 Å². The zero-order valence-electron chi connectivity index (χ0n) is 5.87. The average molecular weight is 142 g/mol. The highest BCUT2D eigenvalue weighted by molar-refractivity contribution is 4.83. The van der Waals surface area contributed by atoms with Crippen LogP contribution >= 0.6 is 0 Å². The molecule has 0 saturated heterocycles. The molecule has 10 heavy (non-hydrogen) atoms. The summed E-state index contributed by atoms with van der Waals surface area (Å²) in [4.78, 5) is 1.47. The quantitative estimate of drug-likeness (QED) is 0.586. The topological polar surface area (TPSA) is 43.6 Å². The van der Waals surface area contributed by atoms with Crippen LogP contribution in [0.4, 0.5) is 0 Å². The Morgan fingerprint density at radius 3 is 2.20 bits per heavy atom. The minimum Gasteiger partial charge on any atom is -0.167 e. The highest BCUT2D eigenvalue weighted by Crippen LogP contribution is 2.04. The molecule has 1 heterocycles. The first-order valence-electron chi connectivity index (χ1n) is 2.94. The number of tetrazole rings is 1. The van der Waals surface area contributed by atoms with Gasteiger partial charge in [-0.3, -0.25) is 0 Å². The van der Waals surface area contributed by atoms with Crippen LogP contribution < -0.4 is 0 Å².